The highest BCUT2D eigenvalue weighted by Gasteiger charge is 2.25. The lowest BCUT2D eigenvalue weighted by Crippen LogP contribution is -2.24. The van der Waals surface area contributed by atoms with Crippen LogP contribution in [0.3, 0.4) is 0 Å². The molecular weight excluding hydrogens is 184 g/mol. The highest BCUT2D eigenvalue weighted by atomic mass is 16.4. The smallest absolute Gasteiger partial charge is 0.306 e. The second-order valence-electron chi connectivity index (χ2n) is 3.77. The second kappa shape index (κ2) is 5.62. The second-order valence-corrected chi connectivity index (χ2v) is 3.77. The van der Waals surface area contributed by atoms with E-state index in [1.165, 1.54) is 0 Å². The number of carbonyl (C=O) groups is 2. The molecule has 0 spiro atoms. The number of rotatable bonds is 6. The van der Waals surface area contributed by atoms with E-state index in [9.17, 15) is 9.59 Å². The van der Waals surface area contributed by atoms with Crippen molar-refractivity contribution in [3.05, 3.63) is 0 Å². The van der Waals surface area contributed by atoms with E-state index in [-0.39, 0.29) is 5.92 Å². The molecule has 0 amide bonds. The normalized spacial score (nSPS) is 17.1. The number of aliphatic carboxylic acids is 2. The first kappa shape index (κ1) is 12.9. The minimum absolute atomic E-state index is 0.0569. The van der Waals surface area contributed by atoms with Crippen LogP contribution in [0.15, 0.2) is 0 Å². The molecule has 82 valence electrons. The first-order valence-corrected chi connectivity index (χ1v) is 4.85. The van der Waals surface area contributed by atoms with E-state index in [0.717, 1.165) is 0 Å². The maximum atomic E-state index is 10.7. The molecule has 0 aromatic carbocycles. The van der Waals surface area contributed by atoms with Crippen molar-refractivity contribution >= 4 is 11.9 Å². The van der Waals surface area contributed by atoms with Crippen LogP contribution in [0.2, 0.25) is 0 Å². The molecular formula is C10H18O4. The van der Waals surface area contributed by atoms with E-state index in [1.807, 2.05) is 6.92 Å². The minimum atomic E-state index is -0.860. The number of hydrogen-bond acceptors (Lipinski definition) is 2. The minimum Gasteiger partial charge on any atom is -0.481 e. The molecule has 0 aliphatic rings. The van der Waals surface area contributed by atoms with Crippen molar-refractivity contribution in [2.24, 2.45) is 17.8 Å². The SMILES string of the molecule is CCC(CC(C)C(=O)O)C(C)C(=O)O. The molecule has 3 atom stereocenters. The summed E-state index contributed by atoms with van der Waals surface area (Å²) in [6.45, 7) is 5.13. The van der Waals surface area contributed by atoms with Gasteiger partial charge in [-0.25, -0.2) is 0 Å². The molecule has 0 aliphatic heterocycles. The lowest BCUT2D eigenvalue weighted by molar-refractivity contribution is -0.146. The van der Waals surface area contributed by atoms with E-state index in [2.05, 4.69) is 0 Å². The third-order valence-corrected chi connectivity index (χ3v) is 2.70. The summed E-state index contributed by atoms with van der Waals surface area (Å²) in [5, 5.41) is 17.5. The van der Waals surface area contributed by atoms with Gasteiger partial charge in [-0.15, -0.1) is 0 Å². The molecule has 14 heavy (non-hydrogen) atoms. The van der Waals surface area contributed by atoms with Gasteiger partial charge < -0.3 is 10.2 Å². The van der Waals surface area contributed by atoms with Crippen LogP contribution in [0.25, 0.3) is 0 Å². The fraction of sp³-hybridized carbons (Fsp3) is 0.800. The molecule has 0 saturated heterocycles. The van der Waals surface area contributed by atoms with Crippen molar-refractivity contribution in [1.82, 2.24) is 0 Å². The Balaban J connectivity index is 4.28. The van der Waals surface area contributed by atoms with Crippen molar-refractivity contribution in [2.75, 3.05) is 0 Å². The van der Waals surface area contributed by atoms with Crippen LogP contribution < -0.4 is 0 Å². The fourth-order valence-corrected chi connectivity index (χ4v) is 1.48. The lowest BCUT2D eigenvalue weighted by Gasteiger charge is -2.20. The summed E-state index contributed by atoms with van der Waals surface area (Å²) >= 11 is 0. The van der Waals surface area contributed by atoms with Gasteiger partial charge >= 0.3 is 11.9 Å². The van der Waals surface area contributed by atoms with Crippen molar-refractivity contribution in [3.63, 3.8) is 0 Å². The van der Waals surface area contributed by atoms with E-state index >= 15 is 0 Å². The van der Waals surface area contributed by atoms with Crippen LogP contribution in [0.5, 0.6) is 0 Å². The maximum absolute atomic E-state index is 10.7. The van der Waals surface area contributed by atoms with Gasteiger partial charge in [-0.1, -0.05) is 27.2 Å². The summed E-state index contributed by atoms with van der Waals surface area (Å²) in [6, 6.07) is 0. The Morgan fingerprint density at radius 1 is 1.14 bits per heavy atom. The van der Waals surface area contributed by atoms with Crippen molar-refractivity contribution in [2.45, 2.75) is 33.6 Å². The lowest BCUT2D eigenvalue weighted by atomic mass is 9.84. The molecule has 4 heteroatoms. The molecule has 2 N–H and O–H groups in total. The Morgan fingerprint density at radius 3 is 1.93 bits per heavy atom. The van der Waals surface area contributed by atoms with E-state index in [0.29, 0.717) is 12.8 Å². The van der Waals surface area contributed by atoms with E-state index in [4.69, 9.17) is 10.2 Å². The summed E-state index contributed by atoms with van der Waals surface area (Å²) in [6.07, 6.45) is 1.13. The molecule has 0 rings (SSSR count). The Bertz CT molecular complexity index is 212. The van der Waals surface area contributed by atoms with Crippen LogP contribution in [-0.4, -0.2) is 22.2 Å². The Kier molecular flexibility index (Phi) is 5.20. The van der Waals surface area contributed by atoms with Gasteiger partial charge in [-0.3, -0.25) is 9.59 Å². The maximum Gasteiger partial charge on any atom is 0.306 e. The van der Waals surface area contributed by atoms with Gasteiger partial charge in [0.1, 0.15) is 0 Å². The zero-order valence-corrected chi connectivity index (χ0v) is 8.86. The number of carboxylic acid groups (broad SMARTS) is 2. The van der Waals surface area contributed by atoms with Crippen LogP contribution in [0.1, 0.15) is 33.6 Å². The highest BCUT2D eigenvalue weighted by Crippen LogP contribution is 2.24. The van der Waals surface area contributed by atoms with E-state index in [1.54, 1.807) is 13.8 Å². The van der Waals surface area contributed by atoms with Gasteiger partial charge in [0.25, 0.3) is 0 Å². The molecule has 3 unspecified atom stereocenters. The average molecular weight is 202 g/mol. The van der Waals surface area contributed by atoms with Crippen LogP contribution in [0, 0.1) is 17.8 Å². The quantitative estimate of drug-likeness (QED) is 0.689. The molecule has 0 fully saturated rings. The first-order valence-electron chi connectivity index (χ1n) is 4.85. The standard InChI is InChI=1S/C10H18O4/c1-4-8(7(3)10(13)14)5-6(2)9(11)12/h6-8H,4-5H2,1-3H3,(H,11,12)(H,13,14). The monoisotopic (exact) mass is 202 g/mol. The van der Waals surface area contributed by atoms with Crippen LogP contribution >= 0.6 is 0 Å². The summed E-state index contributed by atoms with van der Waals surface area (Å²) < 4.78 is 0. The topological polar surface area (TPSA) is 74.6 Å². The Labute approximate surface area is 83.9 Å². The average Bonchev–Trinajstić information content (AvgIpc) is 2.12. The fourth-order valence-electron chi connectivity index (χ4n) is 1.48. The van der Waals surface area contributed by atoms with Crippen LogP contribution in [0.4, 0.5) is 0 Å². The van der Waals surface area contributed by atoms with Gasteiger partial charge in [-0.2, -0.15) is 0 Å². The zero-order chi connectivity index (χ0) is 11.3. The molecule has 0 radical (unpaired) electrons. The van der Waals surface area contributed by atoms with Gasteiger partial charge in [0, 0.05) is 0 Å². The summed E-state index contributed by atoms with van der Waals surface area (Å²) in [4.78, 5) is 21.3. The van der Waals surface area contributed by atoms with Gasteiger partial charge in [-0.05, 0) is 12.3 Å². The third kappa shape index (κ3) is 3.77. The molecule has 0 saturated carbocycles. The van der Waals surface area contributed by atoms with Gasteiger partial charge in [0.15, 0.2) is 0 Å². The largest absolute Gasteiger partial charge is 0.481 e. The predicted molar refractivity (Wildman–Crippen MR) is 52.0 cm³/mol. The molecule has 4 nitrogen and oxygen atoms in total. The van der Waals surface area contributed by atoms with Crippen molar-refractivity contribution in [1.29, 1.82) is 0 Å². The highest BCUT2D eigenvalue weighted by molar-refractivity contribution is 5.71. The zero-order valence-electron chi connectivity index (χ0n) is 8.86. The molecule has 0 heterocycles. The molecule has 0 bridgehead atoms. The van der Waals surface area contributed by atoms with Crippen molar-refractivity contribution in [3.8, 4) is 0 Å². The predicted octanol–water partition coefficient (Wildman–Crippen LogP) is 1.84. The van der Waals surface area contributed by atoms with Gasteiger partial charge in [0.05, 0.1) is 11.8 Å². The number of hydrogen-bond donors (Lipinski definition) is 2. The van der Waals surface area contributed by atoms with Crippen molar-refractivity contribution < 1.29 is 19.8 Å². The summed E-state index contributed by atoms with van der Waals surface area (Å²) in [5.41, 5.74) is 0. The Hall–Kier alpha value is -1.06. The van der Waals surface area contributed by atoms with Gasteiger partial charge in [0.2, 0.25) is 0 Å². The summed E-state index contributed by atoms with van der Waals surface area (Å²) in [5.74, 6) is -2.71. The first-order chi connectivity index (χ1) is 6.40. The summed E-state index contributed by atoms with van der Waals surface area (Å²) in [7, 11) is 0. The molecule has 0 aliphatic carbocycles. The number of carboxylic acids is 2. The Morgan fingerprint density at radius 2 is 1.64 bits per heavy atom. The molecule has 0 aromatic rings. The molecule has 0 aromatic heterocycles. The third-order valence-electron chi connectivity index (χ3n) is 2.70. The van der Waals surface area contributed by atoms with E-state index < -0.39 is 23.8 Å². The van der Waals surface area contributed by atoms with Crippen LogP contribution in [-0.2, 0) is 9.59 Å².